The highest BCUT2D eigenvalue weighted by Crippen LogP contribution is 2.29. The van der Waals surface area contributed by atoms with E-state index in [9.17, 15) is 0 Å². The summed E-state index contributed by atoms with van der Waals surface area (Å²) in [5.41, 5.74) is 4.72. The lowest BCUT2D eigenvalue weighted by atomic mass is 10.0. The highest BCUT2D eigenvalue weighted by atomic mass is 32.2. The minimum absolute atomic E-state index is 0.540. The summed E-state index contributed by atoms with van der Waals surface area (Å²) in [6.07, 6.45) is 0.682. The summed E-state index contributed by atoms with van der Waals surface area (Å²) >= 11 is 1.55. The number of rotatable bonds is 6. The number of hydrogen-bond donors (Lipinski definition) is 0. The first-order valence-electron chi connectivity index (χ1n) is 10.5. The number of aryl methyl sites for hydroxylation is 3. The van der Waals surface area contributed by atoms with E-state index in [2.05, 4.69) is 99.5 Å². The van der Waals surface area contributed by atoms with Gasteiger partial charge in [-0.05, 0) is 41.8 Å². The van der Waals surface area contributed by atoms with Crippen molar-refractivity contribution in [2.24, 2.45) is 0 Å². The van der Waals surface area contributed by atoms with Crippen LogP contribution in [0, 0.1) is 20.8 Å². The predicted molar refractivity (Wildman–Crippen MR) is 126 cm³/mol. The highest BCUT2D eigenvalue weighted by Gasteiger charge is 2.18. The molecule has 2 aromatic heterocycles. The molecule has 6 nitrogen and oxygen atoms in total. The third kappa shape index (κ3) is 4.03. The lowest BCUT2D eigenvalue weighted by Gasteiger charge is -2.14. The van der Waals surface area contributed by atoms with Gasteiger partial charge in [-0.1, -0.05) is 71.9 Å². The Balaban J connectivity index is 1.56. The largest absolute Gasteiger partial charge is 0.425 e. The zero-order chi connectivity index (χ0) is 22.1. The molecule has 160 valence electrons. The molecule has 0 atom stereocenters. The van der Waals surface area contributed by atoms with E-state index in [0.717, 1.165) is 16.7 Å². The first-order chi connectivity index (χ1) is 15.6. The fourth-order valence-corrected chi connectivity index (χ4v) is 4.75. The fraction of sp³-hybridized carbons (Fsp3) is 0.200. The summed E-state index contributed by atoms with van der Waals surface area (Å²) in [6, 6.07) is 21.3. The monoisotopic (exact) mass is 441 g/mol. The third-order valence-corrected chi connectivity index (χ3v) is 6.33. The van der Waals surface area contributed by atoms with Crippen molar-refractivity contribution in [2.45, 2.75) is 38.1 Å². The van der Waals surface area contributed by atoms with Crippen molar-refractivity contribution in [3.63, 3.8) is 0 Å². The number of thioether (sulfide) groups is 1. The molecule has 0 unspecified atom stereocenters. The van der Waals surface area contributed by atoms with Crippen molar-refractivity contribution >= 4 is 22.5 Å². The van der Waals surface area contributed by atoms with Crippen LogP contribution in [0.2, 0.25) is 0 Å². The zero-order valence-electron chi connectivity index (χ0n) is 18.2. The van der Waals surface area contributed by atoms with Crippen LogP contribution in [0.4, 0.5) is 0 Å². The molecule has 0 amide bonds. The molecule has 5 aromatic rings. The van der Waals surface area contributed by atoms with Gasteiger partial charge in [-0.25, -0.2) is 0 Å². The fourth-order valence-electron chi connectivity index (χ4n) is 3.95. The van der Waals surface area contributed by atoms with Gasteiger partial charge in [-0.15, -0.1) is 20.4 Å². The minimum atomic E-state index is 0.540. The molecule has 0 aliphatic carbocycles. The number of fused-ring (bicyclic) bond motifs is 1. The minimum Gasteiger partial charge on any atom is -0.425 e. The lowest BCUT2D eigenvalue weighted by Crippen LogP contribution is -2.06. The quantitative estimate of drug-likeness (QED) is 0.319. The molecular formula is C25H23N5OS. The molecule has 7 heteroatoms. The normalized spacial score (nSPS) is 11.3. The van der Waals surface area contributed by atoms with E-state index in [1.165, 1.54) is 27.5 Å². The van der Waals surface area contributed by atoms with Crippen LogP contribution in [0.3, 0.4) is 0 Å². The SMILES string of the molecule is Cc1ccc(-n2c(Cc3cccc4ccccc34)nnc2SCc2nnc(C)o2)c(C)c1. The predicted octanol–water partition coefficient (Wildman–Crippen LogP) is 5.61. The van der Waals surface area contributed by atoms with Gasteiger partial charge in [0.15, 0.2) is 5.16 Å². The van der Waals surface area contributed by atoms with Crippen molar-refractivity contribution in [3.8, 4) is 5.69 Å². The van der Waals surface area contributed by atoms with Gasteiger partial charge in [0, 0.05) is 13.3 Å². The van der Waals surface area contributed by atoms with Gasteiger partial charge in [0.1, 0.15) is 5.82 Å². The van der Waals surface area contributed by atoms with Gasteiger partial charge >= 0.3 is 0 Å². The van der Waals surface area contributed by atoms with Crippen LogP contribution in [-0.2, 0) is 12.2 Å². The Kier molecular flexibility index (Phi) is 5.49. The number of aromatic nitrogens is 5. The maximum Gasteiger partial charge on any atom is 0.226 e. The summed E-state index contributed by atoms with van der Waals surface area (Å²) in [5, 5.41) is 20.4. The number of hydrogen-bond acceptors (Lipinski definition) is 6. The molecule has 32 heavy (non-hydrogen) atoms. The van der Waals surface area contributed by atoms with Crippen LogP contribution in [0.15, 0.2) is 70.2 Å². The molecule has 0 N–H and O–H groups in total. The van der Waals surface area contributed by atoms with Crippen LogP contribution in [0.25, 0.3) is 16.5 Å². The maximum absolute atomic E-state index is 5.54. The second-order valence-electron chi connectivity index (χ2n) is 7.84. The van der Waals surface area contributed by atoms with E-state index in [0.29, 0.717) is 24.0 Å². The topological polar surface area (TPSA) is 69.6 Å². The van der Waals surface area contributed by atoms with Gasteiger partial charge in [0.05, 0.1) is 11.4 Å². The molecule has 0 aliphatic heterocycles. The van der Waals surface area contributed by atoms with Crippen molar-refractivity contribution in [3.05, 3.63) is 95.0 Å². The van der Waals surface area contributed by atoms with E-state index in [-0.39, 0.29) is 0 Å². The molecule has 0 aliphatic rings. The van der Waals surface area contributed by atoms with Gasteiger partial charge in [-0.2, -0.15) is 0 Å². The first kappa shape index (κ1) is 20.5. The second-order valence-corrected chi connectivity index (χ2v) is 8.79. The molecule has 0 spiro atoms. The standard InChI is InChI=1S/C25H23N5OS/c1-16-11-12-22(17(2)13-16)30-23(14-20-9-6-8-19-7-4-5-10-21(19)20)27-29-25(30)32-15-24-28-26-18(3)31-24/h4-13H,14-15H2,1-3H3. The Hall–Kier alpha value is -3.45. The van der Waals surface area contributed by atoms with E-state index in [1.54, 1.807) is 18.7 Å². The van der Waals surface area contributed by atoms with E-state index in [4.69, 9.17) is 4.42 Å². The van der Waals surface area contributed by atoms with Crippen molar-refractivity contribution < 1.29 is 4.42 Å². The van der Waals surface area contributed by atoms with Gasteiger partial charge in [0.25, 0.3) is 0 Å². The van der Waals surface area contributed by atoms with E-state index in [1.807, 2.05) is 0 Å². The summed E-state index contributed by atoms with van der Waals surface area (Å²) < 4.78 is 7.70. The molecular weight excluding hydrogens is 418 g/mol. The smallest absolute Gasteiger partial charge is 0.226 e. The Labute approximate surface area is 190 Å². The van der Waals surface area contributed by atoms with E-state index < -0.39 is 0 Å². The van der Waals surface area contributed by atoms with Gasteiger partial charge in [0.2, 0.25) is 11.8 Å². The highest BCUT2D eigenvalue weighted by molar-refractivity contribution is 7.98. The lowest BCUT2D eigenvalue weighted by molar-refractivity contribution is 0.485. The average molecular weight is 442 g/mol. The van der Waals surface area contributed by atoms with E-state index >= 15 is 0 Å². The number of benzene rings is 3. The van der Waals surface area contributed by atoms with Gasteiger partial charge in [-0.3, -0.25) is 4.57 Å². The molecule has 0 bridgehead atoms. The van der Waals surface area contributed by atoms with Gasteiger partial charge < -0.3 is 4.42 Å². The molecule has 0 saturated carbocycles. The summed E-state index contributed by atoms with van der Waals surface area (Å²) in [7, 11) is 0. The first-order valence-corrected chi connectivity index (χ1v) is 11.5. The Morgan fingerprint density at radius 3 is 2.53 bits per heavy atom. The zero-order valence-corrected chi connectivity index (χ0v) is 19.1. The van der Waals surface area contributed by atoms with Crippen molar-refractivity contribution in [2.75, 3.05) is 0 Å². The molecule has 2 heterocycles. The summed E-state index contributed by atoms with van der Waals surface area (Å²) in [6.45, 7) is 6.02. The Morgan fingerprint density at radius 1 is 0.875 bits per heavy atom. The van der Waals surface area contributed by atoms with Crippen LogP contribution < -0.4 is 0 Å². The Bertz CT molecular complexity index is 1400. The third-order valence-electron chi connectivity index (χ3n) is 5.41. The summed E-state index contributed by atoms with van der Waals surface area (Å²) in [4.78, 5) is 0. The Morgan fingerprint density at radius 2 is 1.72 bits per heavy atom. The molecule has 0 saturated heterocycles. The second kappa shape index (κ2) is 8.59. The van der Waals surface area contributed by atoms with Crippen LogP contribution in [0.1, 0.15) is 34.3 Å². The molecule has 0 radical (unpaired) electrons. The van der Waals surface area contributed by atoms with Crippen molar-refractivity contribution in [1.82, 2.24) is 25.0 Å². The van der Waals surface area contributed by atoms with Crippen LogP contribution in [-0.4, -0.2) is 25.0 Å². The van der Waals surface area contributed by atoms with Crippen LogP contribution in [0.5, 0.6) is 0 Å². The average Bonchev–Trinajstić information content (AvgIpc) is 3.38. The molecule has 3 aromatic carbocycles. The maximum atomic E-state index is 5.54. The number of nitrogens with zero attached hydrogens (tertiary/aromatic N) is 5. The molecule has 5 rings (SSSR count). The van der Waals surface area contributed by atoms with Crippen molar-refractivity contribution in [1.29, 1.82) is 0 Å². The summed E-state index contributed by atoms with van der Waals surface area (Å²) in [5.74, 6) is 2.59. The molecule has 0 fully saturated rings. The van der Waals surface area contributed by atoms with Crippen LogP contribution >= 0.6 is 11.8 Å².